The summed E-state index contributed by atoms with van der Waals surface area (Å²) in [4.78, 5) is 11.4. The SMILES string of the molecule is CN1CCCCCOc2cc3c(ncnc3cc2OCCCCl)Nc2c(cc(Br)c3c2OCO3)C1. The van der Waals surface area contributed by atoms with Crippen LogP contribution >= 0.6 is 27.5 Å². The van der Waals surface area contributed by atoms with Crippen LogP contribution in [0.1, 0.15) is 31.2 Å². The average Bonchev–Trinajstić information content (AvgIpc) is 3.34. The fraction of sp³-hybridized carbons (Fsp3) is 0.440. The molecule has 186 valence electrons. The van der Waals surface area contributed by atoms with Crippen LogP contribution in [0.2, 0.25) is 0 Å². The third kappa shape index (κ3) is 5.37. The molecule has 1 N–H and O–H groups in total. The van der Waals surface area contributed by atoms with Gasteiger partial charge >= 0.3 is 0 Å². The summed E-state index contributed by atoms with van der Waals surface area (Å²) in [5, 5.41) is 4.36. The largest absolute Gasteiger partial charge is 0.490 e. The molecule has 0 amide bonds. The van der Waals surface area contributed by atoms with Gasteiger partial charge in [0.1, 0.15) is 12.1 Å². The van der Waals surface area contributed by atoms with E-state index in [1.54, 1.807) is 6.33 Å². The summed E-state index contributed by atoms with van der Waals surface area (Å²) in [6.07, 6.45) is 5.42. The molecular formula is C25H28BrClN4O4. The molecule has 0 spiro atoms. The maximum absolute atomic E-state index is 6.19. The fourth-order valence-corrected chi connectivity index (χ4v) is 4.98. The summed E-state index contributed by atoms with van der Waals surface area (Å²) in [7, 11) is 2.13. The van der Waals surface area contributed by atoms with Gasteiger partial charge in [-0.25, -0.2) is 9.97 Å². The molecule has 8 nitrogen and oxygen atoms in total. The van der Waals surface area contributed by atoms with E-state index in [1.165, 1.54) is 0 Å². The van der Waals surface area contributed by atoms with E-state index in [-0.39, 0.29) is 6.79 Å². The van der Waals surface area contributed by atoms with Gasteiger partial charge in [0, 0.05) is 23.9 Å². The minimum atomic E-state index is 0.174. The maximum Gasteiger partial charge on any atom is 0.231 e. The van der Waals surface area contributed by atoms with Crippen LogP contribution in [0.15, 0.2) is 29.0 Å². The van der Waals surface area contributed by atoms with Crippen LogP contribution in [0.25, 0.3) is 10.9 Å². The van der Waals surface area contributed by atoms with Crippen molar-refractivity contribution < 1.29 is 18.9 Å². The molecule has 2 aliphatic rings. The molecular weight excluding hydrogens is 536 g/mol. The molecule has 0 saturated carbocycles. The predicted molar refractivity (Wildman–Crippen MR) is 140 cm³/mol. The summed E-state index contributed by atoms with van der Waals surface area (Å²) < 4.78 is 24.7. The van der Waals surface area contributed by atoms with E-state index in [1.807, 2.05) is 12.1 Å². The summed E-state index contributed by atoms with van der Waals surface area (Å²) in [5.41, 5.74) is 2.68. The lowest BCUT2D eigenvalue weighted by Crippen LogP contribution is -2.20. The zero-order valence-electron chi connectivity index (χ0n) is 19.6. The highest BCUT2D eigenvalue weighted by atomic mass is 79.9. The van der Waals surface area contributed by atoms with Crippen LogP contribution in [0.3, 0.4) is 0 Å². The van der Waals surface area contributed by atoms with Gasteiger partial charge in [0.25, 0.3) is 0 Å². The monoisotopic (exact) mass is 562 g/mol. The third-order valence-corrected chi connectivity index (χ3v) is 6.90. The number of aromatic nitrogens is 2. The number of anilines is 2. The van der Waals surface area contributed by atoms with E-state index in [0.717, 1.165) is 65.4 Å². The van der Waals surface area contributed by atoms with E-state index >= 15 is 0 Å². The molecule has 35 heavy (non-hydrogen) atoms. The molecule has 1 aromatic heterocycles. The van der Waals surface area contributed by atoms with Gasteiger partial charge in [-0.05, 0) is 72.9 Å². The first-order valence-electron chi connectivity index (χ1n) is 11.8. The standard InChI is InChI=1S/C25H28BrClN4O4/c1-31-7-3-2-4-8-32-20-11-17-19(12-21(20)33-9-5-6-27)28-14-29-25(17)30-22-16(13-31)10-18(26)23-24(22)35-15-34-23/h10-12,14H,2-9,13,15H2,1H3,(H,28,29,30). The zero-order chi connectivity index (χ0) is 24.2. The van der Waals surface area contributed by atoms with Crippen LogP contribution in [0.4, 0.5) is 11.5 Å². The Morgan fingerprint density at radius 3 is 2.89 bits per heavy atom. The number of nitrogens with one attached hydrogen (secondary N) is 1. The van der Waals surface area contributed by atoms with Crippen molar-refractivity contribution in [2.45, 2.75) is 32.2 Å². The quantitative estimate of drug-likeness (QED) is 0.312. The van der Waals surface area contributed by atoms with Crippen molar-refractivity contribution in [1.29, 1.82) is 0 Å². The minimum absolute atomic E-state index is 0.174. The Bertz CT molecular complexity index is 1210. The van der Waals surface area contributed by atoms with Crippen LogP contribution in [-0.4, -0.2) is 54.3 Å². The normalized spacial score (nSPS) is 16.2. The number of fused-ring (bicyclic) bond motifs is 4. The molecule has 0 radical (unpaired) electrons. The summed E-state index contributed by atoms with van der Waals surface area (Å²) in [6.45, 7) is 3.03. The Morgan fingerprint density at radius 2 is 2.00 bits per heavy atom. The van der Waals surface area contributed by atoms with Crippen molar-refractivity contribution in [3.63, 3.8) is 0 Å². The van der Waals surface area contributed by atoms with Gasteiger partial charge in [-0.1, -0.05) is 0 Å². The summed E-state index contributed by atoms with van der Waals surface area (Å²) in [6, 6.07) is 5.95. The van der Waals surface area contributed by atoms with Crippen molar-refractivity contribution in [2.75, 3.05) is 44.8 Å². The van der Waals surface area contributed by atoms with Gasteiger partial charge in [0.05, 0.1) is 28.9 Å². The third-order valence-electron chi connectivity index (χ3n) is 6.04. The highest BCUT2D eigenvalue weighted by Gasteiger charge is 2.26. The molecule has 3 aromatic rings. The van der Waals surface area contributed by atoms with Gasteiger partial charge in [0.15, 0.2) is 23.0 Å². The first-order chi connectivity index (χ1) is 17.1. The second-order valence-corrected chi connectivity index (χ2v) is 9.89. The van der Waals surface area contributed by atoms with E-state index < -0.39 is 0 Å². The molecule has 10 heteroatoms. The molecule has 2 aliphatic heterocycles. The molecule has 0 saturated heterocycles. The number of hydrogen-bond donors (Lipinski definition) is 1. The summed E-state index contributed by atoms with van der Waals surface area (Å²) >= 11 is 9.49. The van der Waals surface area contributed by atoms with E-state index in [9.17, 15) is 0 Å². The molecule has 0 atom stereocenters. The molecule has 0 unspecified atom stereocenters. The van der Waals surface area contributed by atoms with Crippen molar-refractivity contribution >= 4 is 49.9 Å². The van der Waals surface area contributed by atoms with E-state index in [4.69, 9.17) is 30.5 Å². The van der Waals surface area contributed by atoms with Crippen LogP contribution < -0.4 is 24.3 Å². The van der Waals surface area contributed by atoms with E-state index in [0.29, 0.717) is 47.9 Å². The number of ether oxygens (including phenoxy) is 4. The molecule has 5 rings (SSSR count). The Hall–Kier alpha value is -2.49. The van der Waals surface area contributed by atoms with Crippen molar-refractivity contribution in [3.05, 3.63) is 34.6 Å². The van der Waals surface area contributed by atoms with Crippen LogP contribution in [0, 0.1) is 0 Å². The predicted octanol–water partition coefficient (Wildman–Crippen LogP) is 5.87. The number of benzene rings is 2. The van der Waals surface area contributed by atoms with Crippen molar-refractivity contribution in [3.8, 4) is 23.0 Å². The van der Waals surface area contributed by atoms with Gasteiger partial charge in [-0.2, -0.15) is 0 Å². The first-order valence-corrected chi connectivity index (χ1v) is 13.1. The smallest absolute Gasteiger partial charge is 0.231 e. The Morgan fingerprint density at radius 1 is 1.11 bits per heavy atom. The topological polar surface area (TPSA) is 78.0 Å². The number of alkyl halides is 1. The van der Waals surface area contributed by atoms with Gasteiger partial charge < -0.3 is 29.2 Å². The number of nitrogens with zero attached hydrogens (tertiary/aromatic N) is 3. The van der Waals surface area contributed by atoms with Crippen molar-refractivity contribution in [2.24, 2.45) is 0 Å². The molecule has 2 aromatic carbocycles. The van der Waals surface area contributed by atoms with E-state index in [2.05, 4.69) is 49.2 Å². The van der Waals surface area contributed by atoms with Gasteiger partial charge in [0.2, 0.25) is 6.79 Å². The zero-order valence-corrected chi connectivity index (χ0v) is 22.0. The minimum Gasteiger partial charge on any atom is -0.490 e. The highest BCUT2D eigenvalue weighted by molar-refractivity contribution is 9.10. The lowest BCUT2D eigenvalue weighted by molar-refractivity contribution is 0.174. The summed E-state index contributed by atoms with van der Waals surface area (Å²) in [5.74, 6) is 3.91. The highest BCUT2D eigenvalue weighted by Crippen LogP contribution is 2.48. The molecule has 2 bridgehead atoms. The maximum atomic E-state index is 6.19. The lowest BCUT2D eigenvalue weighted by atomic mass is 10.1. The first kappa shape index (κ1) is 24.2. The van der Waals surface area contributed by atoms with Crippen LogP contribution in [0.5, 0.6) is 23.0 Å². The lowest BCUT2D eigenvalue weighted by Gasteiger charge is -2.21. The average molecular weight is 564 g/mol. The van der Waals surface area contributed by atoms with Crippen molar-refractivity contribution in [1.82, 2.24) is 14.9 Å². The number of hydrogen-bond acceptors (Lipinski definition) is 8. The Kier molecular flexibility index (Phi) is 7.65. The van der Waals surface area contributed by atoms with Crippen LogP contribution in [-0.2, 0) is 6.54 Å². The number of halogens is 2. The second-order valence-electron chi connectivity index (χ2n) is 8.66. The molecule has 0 fully saturated rings. The Balaban J connectivity index is 1.61. The second kappa shape index (κ2) is 11.1. The van der Waals surface area contributed by atoms with Gasteiger partial charge in [-0.3, -0.25) is 0 Å². The Labute approximate surface area is 218 Å². The molecule has 3 heterocycles. The fourth-order valence-electron chi connectivity index (χ4n) is 4.30. The molecule has 0 aliphatic carbocycles. The van der Waals surface area contributed by atoms with Gasteiger partial charge in [-0.15, -0.1) is 11.6 Å². The number of rotatable bonds is 4.